The van der Waals surface area contributed by atoms with Gasteiger partial charge >= 0.3 is 6.09 Å². The van der Waals surface area contributed by atoms with Crippen LogP contribution in [-0.2, 0) is 19.1 Å². The quantitative estimate of drug-likeness (QED) is 0.370. The smallest absolute Gasteiger partial charge is 0.409 e. The molecule has 3 fully saturated rings. The summed E-state index contributed by atoms with van der Waals surface area (Å²) < 4.78 is 38.2. The van der Waals surface area contributed by atoms with Crippen LogP contribution in [0, 0.1) is 6.92 Å². The lowest BCUT2D eigenvalue weighted by Crippen LogP contribution is -2.56. The molecule has 5 rings (SSSR count). The zero-order chi connectivity index (χ0) is 34.4. The Morgan fingerprint density at radius 2 is 1.71 bits per heavy atom. The van der Waals surface area contributed by atoms with Crippen molar-refractivity contribution in [3.05, 3.63) is 35.5 Å². The third kappa shape index (κ3) is 8.29. The van der Waals surface area contributed by atoms with E-state index in [4.69, 9.17) is 9.47 Å². The second kappa shape index (κ2) is 15.6. The van der Waals surface area contributed by atoms with Crippen molar-refractivity contribution in [1.82, 2.24) is 30.3 Å². The van der Waals surface area contributed by atoms with Gasteiger partial charge in [-0.2, -0.15) is 0 Å². The fraction of sp³-hybridized carbons (Fsp3) is 0.576. The maximum Gasteiger partial charge on any atom is 0.409 e. The van der Waals surface area contributed by atoms with Crippen molar-refractivity contribution in [2.75, 3.05) is 45.9 Å². The van der Waals surface area contributed by atoms with Crippen LogP contribution in [0.25, 0.3) is 10.9 Å². The Labute approximate surface area is 277 Å². The van der Waals surface area contributed by atoms with Crippen LogP contribution in [0.4, 0.5) is 13.6 Å². The van der Waals surface area contributed by atoms with Gasteiger partial charge in [-0.15, -0.1) is 0 Å². The SMILES string of the molecule is CCOC(=O)N1CCN(C(=O)C(CC(F)F)NC(=O)c2cc(OCC(=O)N3CCCC3C(=O)NC3CCC3)c3ccc(C)cc3n2)CC1. The molecule has 1 aromatic heterocycles. The maximum atomic E-state index is 13.6. The van der Waals surface area contributed by atoms with Gasteiger partial charge in [-0.25, -0.2) is 18.6 Å². The van der Waals surface area contributed by atoms with E-state index < -0.39 is 49.4 Å². The summed E-state index contributed by atoms with van der Waals surface area (Å²) in [6.07, 6.45) is -0.127. The number of pyridine rings is 1. The number of benzene rings is 1. The first-order valence-electron chi connectivity index (χ1n) is 16.5. The van der Waals surface area contributed by atoms with Crippen molar-refractivity contribution in [1.29, 1.82) is 0 Å². The van der Waals surface area contributed by atoms with Gasteiger partial charge in [0.2, 0.25) is 18.2 Å². The number of hydrogen-bond donors (Lipinski definition) is 2. The van der Waals surface area contributed by atoms with Crippen LogP contribution >= 0.6 is 0 Å². The summed E-state index contributed by atoms with van der Waals surface area (Å²) in [5.41, 5.74) is 1.02. The van der Waals surface area contributed by atoms with E-state index in [2.05, 4.69) is 15.6 Å². The van der Waals surface area contributed by atoms with Crippen LogP contribution in [-0.4, -0.2) is 120 Å². The maximum absolute atomic E-state index is 13.6. The van der Waals surface area contributed by atoms with Crippen LogP contribution in [0.5, 0.6) is 5.75 Å². The molecule has 3 aliphatic rings. The van der Waals surface area contributed by atoms with Crippen LogP contribution in [0.15, 0.2) is 24.3 Å². The molecule has 2 aromatic rings. The standard InChI is InChI=1S/C33H42F2N6O7/c1-3-47-33(46)40-14-12-39(13-15-40)32(45)25(18-28(34)35)38-30(43)24-17-27(22-10-9-20(2)16-23(22)37-24)48-19-29(42)41-11-5-8-26(41)31(44)36-21-6-4-7-21/h9-10,16-17,21,25-26,28H,3-8,11-15,18-19H2,1-2H3,(H,36,44)(H,38,43). The molecule has 15 heteroatoms. The highest BCUT2D eigenvalue weighted by molar-refractivity contribution is 5.99. The number of ether oxygens (including phenoxy) is 2. The molecule has 5 amide bonds. The highest BCUT2D eigenvalue weighted by Gasteiger charge is 2.36. The van der Waals surface area contributed by atoms with Crippen molar-refractivity contribution >= 4 is 40.6 Å². The molecule has 2 N–H and O–H groups in total. The summed E-state index contributed by atoms with van der Waals surface area (Å²) in [6, 6.07) is 4.62. The minimum atomic E-state index is -2.89. The lowest BCUT2D eigenvalue weighted by atomic mass is 9.93. The number of amides is 5. The van der Waals surface area contributed by atoms with Crippen LogP contribution < -0.4 is 15.4 Å². The average Bonchev–Trinajstić information content (AvgIpc) is 3.54. The van der Waals surface area contributed by atoms with Gasteiger partial charge < -0.3 is 34.8 Å². The molecule has 13 nitrogen and oxygen atoms in total. The minimum Gasteiger partial charge on any atom is -0.483 e. The second-order valence-corrected chi connectivity index (χ2v) is 12.4. The number of alkyl halides is 2. The van der Waals surface area contributed by atoms with E-state index >= 15 is 0 Å². The van der Waals surface area contributed by atoms with E-state index in [9.17, 15) is 32.8 Å². The molecule has 0 spiro atoms. The number of carbonyl (C=O) groups excluding carboxylic acids is 5. The van der Waals surface area contributed by atoms with Crippen LogP contribution in [0.2, 0.25) is 0 Å². The van der Waals surface area contributed by atoms with E-state index in [0.717, 1.165) is 24.8 Å². The van der Waals surface area contributed by atoms with Gasteiger partial charge in [0, 0.05) is 56.6 Å². The number of nitrogens with zero attached hydrogens (tertiary/aromatic N) is 4. The van der Waals surface area contributed by atoms with E-state index in [1.54, 1.807) is 19.1 Å². The van der Waals surface area contributed by atoms with Crippen LogP contribution in [0.3, 0.4) is 0 Å². The third-order valence-corrected chi connectivity index (χ3v) is 8.97. The Balaban J connectivity index is 1.29. The molecule has 48 heavy (non-hydrogen) atoms. The van der Waals surface area contributed by atoms with Gasteiger partial charge in [-0.3, -0.25) is 19.2 Å². The Bertz CT molecular complexity index is 1530. The van der Waals surface area contributed by atoms with E-state index in [-0.39, 0.29) is 62.1 Å². The lowest BCUT2D eigenvalue weighted by Gasteiger charge is -2.35. The Morgan fingerprint density at radius 1 is 0.979 bits per heavy atom. The fourth-order valence-corrected chi connectivity index (χ4v) is 6.13. The number of halogens is 2. The van der Waals surface area contributed by atoms with Gasteiger partial charge in [-0.05, 0) is 63.6 Å². The van der Waals surface area contributed by atoms with Crippen molar-refractivity contribution in [2.24, 2.45) is 0 Å². The van der Waals surface area contributed by atoms with Gasteiger partial charge in [0.05, 0.1) is 12.1 Å². The Kier molecular flexibility index (Phi) is 11.3. The molecule has 2 saturated heterocycles. The monoisotopic (exact) mass is 672 g/mol. The van der Waals surface area contributed by atoms with Gasteiger partial charge in [0.15, 0.2) is 6.61 Å². The molecule has 3 heterocycles. The summed E-state index contributed by atoms with van der Waals surface area (Å²) in [5.74, 6) is -1.95. The van der Waals surface area contributed by atoms with E-state index in [1.165, 1.54) is 20.8 Å². The number of aryl methyl sites for hydroxylation is 1. The zero-order valence-corrected chi connectivity index (χ0v) is 27.2. The number of rotatable bonds is 11. The number of nitrogens with one attached hydrogen (secondary N) is 2. The lowest BCUT2D eigenvalue weighted by molar-refractivity contribution is -0.140. The molecular weight excluding hydrogens is 630 g/mol. The van der Waals surface area contributed by atoms with E-state index in [1.807, 2.05) is 13.0 Å². The van der Waals surface area contributed by atoms with Crippen molar-refractivity contribution < 1.29 is 42.2 Å². The summed E-state index contributed by atoms with van der Waals surface area (Å²) >= 11 is 0. The highest BCUT2D eigenvalue weighted by Crippen LogP contribution is 2.28. The summed E-state index contributed by atoms with van der Waals surface area (Å²) in [7, 11) is 0. The molecule has 1 aromatic carbocycles. The molecule has 1 aliphatic carbocycles. The zero-order valence-electron chi connectivity index (χ0n) is 27.2. The fourth-order valence-electron chi connectivity index (χ4n) is 6.13. The Hall–Kier alpha value is -4.56. The van der Waals surface area contributed by atoms with Gasteiger partial charge in [0.1, 0.15) is 23.5 Å². The number of aromatic nitrogens is 1. The highest BCUT2D eigenvalue weighted by atomic mass is 19.3. The largest absolute Gasteiger partial charge is 0.483 e. The number of piperazine rings is 1. The number of likely N-dealkylation sites (tertiary alicyclic amines) is 1. The average molecular weight is 673 g/mol. The third-order valence-electron chi connectivity index (χ3n) is 8.97. The van der Waals surface area contributed by atoms with Gasteiger partial charge in [0.25, 0.3) is 11.8 Å². The predicted octanol–water partition coefficient (Wildman–Crippen LogP) is 2.64. The second-order valence-electron chi connectivity index (χ2n) is 12.4. The first-order valence-corrected chi connectivity index (χ1v) is 16.5. The van der Waals surface area contributed by atoms with Gasteiger partial charge in [-0.1, -0.05) is 6.07 Å². The van der Waals surface area contributed by atoms with E-state index in [0.29, 0.717) is 30.3 Å². The predicted molar refractivity (Wildman–Crippen MR) is 170 cm³/mol. The molecule has 2 aliphatic heterocycles. The molecule has 2 unspecified atom stereocenters. The Morgan fingerprint density at radius 3 is 2.38 bits per heavy atom. The minimum absolute atomic E-state index is 0.0902. The van der Waals surface area contributed by atoms with Crippen molar-refractivity contribution in [3.8, 4) is 5.75 Å². The number of hydrogen-bond acceptors (Lipinski definition) is 8. The van der Waals surface area contributed by atoms with Crippen LogP contribution in [0.1, 0.15) is 61.5 Å². The molecule has 0 radical (unpaired) electrons. The topological polar surface area (TPSA) is 150 Å². The first-order chi connectivity index (χ1) is 23.0. The molecule has 2 atom stereocenters. The normalized spacial score (nSPS) is 18.8. The van der Waals surface area contributed by atoms with Crippen molar-refractivity contribution in [3.63, 3.8) is 0 Å². The first kappa shape index (κ1) is 34.8. The van der Waals surface area contributed by atoms with Crippen molar-refractivity contribution in [2.45, 2.75) is 76.9 Å². The summed E-state index contributed by atoms with van der Waals surface area (Å²) in [5, 5.41) is 5.95. The molecular formula is C33H42F2N6O7. The molecule has 0 bridgehead atoms. The number of carbonyl (C=O) groups is 5. The summed E-state index contributed by atoms with van der Waals surface area (Å²) in [4.78, 5) is 73.6. The molecule has 1 saturated carbocycles. The molecule has 260 valence electrons. The number of fused-ring (bicyclic) bond motifs is 1. The summed E-state index contributed by atoms with van der Waals surface area (Å²) in [6.45, 7) is 4.24.